The van der Waals surface area contributed by atoms with Crippen LogP contribution in [0, 0.1) is 0 Å². The molecule has 0 spiro atoms. The van der Waals surface area contributed by atoms with Gasteiger partial charge in [0, 0.05) is 17.7 Å². The SMILES string of the molecule is COC(=O)CNC(=O)[C@@H]1C[C@]2(O)c3ccccc3N[C@@H]2N1. The molecule has 1 aromatic rings. The number of hydrogen-bond donors (Lipinski definition) is 4. The van der Waals surface area contributed by atoms with Crippen molar-refractivity contribution >= 4 is 17.6 Å². The number of hydrogen-bond acceptors (Lipinski definition) is 6. The molecule has 7 heteroatoms. The number of para-hydroxylation sites is 1. The number of amides is 1. The Hall–Kier alpha value is -2.12. The highest BCUT2D eigenvalue weighted by Crippen LogP contribution is 2.44. The van der Waals surface area contributed by atoms with Crippen LogP contribution in [0.5, 0.6) is 0 Å². The lowest BCUT2D eigenvalue weighted by Gasteiger charge is -2.21. The van der Waals surface area contributed by atoms with E-state index in [-0.39, 0.29) is 18.9 Å². The normalized spacial score (nSPS) is 29.2. The number of esters is 1. The van der Waals surface area contributed by atoms with Crippen LogP contribution in [0.2, 0.25) is 0 Å². The van der Waals surface area contributed by atoms with Gasteiger partial charge in [0.2, 0.25) is 5.91 Å². The number of carbonyl (C=O) groups is 2. The molecular weight excluding hydrogens is 274 g/mol. The van der Waals surface area contributed by atoms with Crippen molar-refractivity contribution in [2.24, 2.45) is 0 Å². The average molecular weight is 291 g/mol. The van der Waals surface area contributed by atoms with E-state index >= 15 is 0 Å². The largest absolute Gasteiger partial charge is 0.468 e. The minimum absolute atomic E-state index is 0.180. The Bertz CT molecular complexity index is 591. The van der Waals surface area contributed by atoms with Crippen LogP contribution in [0.4, 0.5) is 5.69 Å². The van der Waals surface area contributed by atoms with E-state index in [2.05, 4.69) is 20.7 Å². The molecule has 4 N–H and O–H groups in total. The van der Waals surface area contributed by atoms with Crippen molar-refractivity contribution in [3.63, 3.8) is 0 Å². The molecule has 1 saturated heterocycles. The summed E-state index contributed by atoms with van der Waals surface area (Å²) in [5.41, 5.74) is 0.529. The molecule has 112 valence electrons. The van der Waals surface area contributed by atoms with Gasteiger partial charge in [0.25, 0.3) is 0 Å². The van der Waals surface area contributed by atoms with Gasteiger partial charge < -0.3 is 20.5 Å². The highest BCUT2D eigenvalue weighted by molar-refractivity contribution is 5.86. The van der Waals surface area contributed by atoms with Crippen LogP contribution in [0.15, 0.2) is 24.3 Å². The van der Waals surface area contributed by atoms with Gasteiger partial charge >= 0.3 is 5.97 Å². The second-order valence-corrected chi connectivity index (χ2v) is 5.26. The van der Waals surface area contributed by atoms with Crippen molar-refractivity contribution < 1.29 is 19.4 Å². The number of nitrogens with one attached hydrogen (secondary N) is 3. The number of aliphatic hydroxyl groups is 1. The molecule has 1 aromatic carbocycles. The van der Waals surface area contributed by atoms with Gasteiger partial charge in [0.05, 0.1) is 13.2 Å². The Labute approximate surface area is 121 Å². The molecule has 0 aliphatic carbocycles. The zero-order valence-corrected chi connectivity index (χ0v) is 11.6. The summed E-state index contributed by atoms with van der Waals surface area (Å²) in [4.78, 5) is 23.1. The maximum atomic E-state index is 12.0. The molecule has 7 nitrogen and oxygen atoms in total. The summed E-state index contributed by atoms with van der Waals surface area (Å²) in [7, 11) is 1.26. The van der Waals surface area contributed by atoms with E-state index in [0.29, 0.717) is 0 Å². The molecule has 0 unspecified atom stereocenters. The number of fused-ring (bicyclic) bond motifs is 3. The Kier molecular flexibility index (Phi) is 3.30. The summed E-state index contributed by atoms with van der Waals surface area (Å²) in [6.07, 6.45) is -0.168. The maximum Gasteiger partial charge on any atom is 0.325 e. The highest BCUT2D eigenvalue weighted by Gasteiger charge is 2.53. The van der Waals surface area contributed by atoms with Crippen molar-refractivity contribution in [3.05, 3.63) is 29.8 Å². The predicted molar refractivity (Wildman–Crippen MR) is 74.3 cm³/mol. The van der Waals surface area contributed by atoms with Crippen LogP contribution in [0.25, 0.3) is 0 Å². The van der Waals surface area contributed by atoms with Crippen LogP contribution in [0.1, 0.15) is 12.0 Å². The molecule has 0 aromatic heterocycles. The number of rotatable bonds is 3. The lowest BCUT2D eigenvalue weighted by molar-refractivity contribution is -0.141. The van der Waals surface area contributed by atoms with Gasteiger partial charge in [-0.15, -0.1) is 0 Å². The number of methoxy groups -OCH3 is 1. The number of anilines is 1. The van der Waals surface area contributed by atoms with E-state index in [4.69, 9.17) is 0 Å². The summed E-state index contributed by atoms with van der Waals surface area (Å²) in [6.45, 7) is -0.180. The molecule has 21 heavy (non-hydrogen) atoms. The van der Waals surface area contributed by atoms with Crippen molar-refractivity contribution in [1.82, 2.24) is 10.6 Å². The molecule has 1 fully saturated rings. The molecule has 1 amide bonds. The zero-order valence-electron chi connectivity index (χ0n) is 11.6. The molecule has 2 aliphatic rings. The monoisotopic (exact) mass is 291 g/mol. The highest BCUT2D eigenvalue weighted by atomic mass is 16.5. The van der Waals surface area contributed by atoms with Gasteiger partial charge in [-0.05, 0) is 6.07 Å². The van der Waals surface area contributed by atoms with Crippen molar-refractivity contribution in [1.29, 1.82) is 0 Å². The first-order valence-corrected chi connectivity index (χ1v) is 6.73. The van der Waals surface area contributed by atoms with E-state index in [1.54, 1.807) is 0 Å². The molecule has 0 saturated carbocycles. The van der Waals surface area contributed by atoms with Crippen LogP contribution >= 0.6 is 0 Å². The quantitative estimate of drug-likeness (QED) is 0.548. The lowest BCUT2D eigenvalue weighted by Crippen LogP contribution is -2.46. The van der Waals surface area contributed by atoms with Crippen molar-refractivity contribution in [3.8, 4) is 0 Å². The first-order chi connectivity index (χ1) is 10.0. The fourth-order valence-electron chi connectivity index (χ4n) is 2.92. The second kappa shape index (κ2) is 5.01. The standard InChI is InChI=1S/C14H17N3O4/c1-21-11(18)7-15-12(19)10-6-14(20)8-4-2-3-5-9(8)16-13(14)17-10/h2-5,10,13,16-17,20H,6-7H2,1H3,(H,15,19)/t10-,13+,14-/m0/s1. The first-order valence-electron chi connectivity index (χ1n) is 6.73. The van der Waals surface area contributed by atoms with Gasteiger partial charge in [-0.3, -0.25) is 14.9 Å². The molecule has 0 bridgehead atoms. The second-order valence-electron chi connectivity index (χ2n) is 5.26. The molecule has 2 heterocycles. The van der Waals surface area contributed by atoms with Gasteiger partial charge in [-0.25, -0.2) is 0 Å². The van der Waals surface area contributed by atoms with Crippen LogP contribution in [-0.2, 0) is 19.9 Å². The topological polar surface area (TPSA) is 99.7 Å². The van der Waals surface area contributed by atoms with E-state index in [9.17, 15) is 14.7 Å². The fourth-order valence-corrected chi connectivity index (χ4v) is 2.92. The first kappa shape index (κ1) is 13.8. The van der Waals surface area contributed by atoms with Crippen LogP contribution < -0.4 is 16.0 Å². The van der Waals surface area contributed by atoms with Gasteiger partial charge in [0.1, 0.15) is 18.3 Å². The third-order valence-corrected chi connectivity index (χ3v) is 4.01. The van der Waals surface area contributed by atoms with Gasteiger partial charge in [-0.2, -0.15) is 0 Å². The van der Waals surface area contributed by atoms with Gasteiger partial charge in [-0.1, -0.05) is 18.2 Å². The lowest BCUT2D eigenvalue weighted by atomic mass is 9.91. The third kappa shape index (κ3) is 2.24. The summed E-state index contributed by atoms with van der Waals surface area (Å²) in [5.74, 6) is -0.841. The third-order valence-electron chi connectivity index (χ3n) is 4.01. The molecular formula is C14H17N3O4. The van der Waals surface area contributed by atoms with Crippen LogP contribution in [0.3, 0.4) is 0 Å². The Morgan fingerprint density at radius 3 is 3.00 bits per heavy atom. The molecule has 0 radical (unpaired) electrons. The van der Waals surface area contributed by atoms with E-state index in [1.165, 1.54) is 7.11 Å². The number of ether oxygens (including phenoxy) is 1. The van der Waals surface area contributed by atoms with E-state index < -0.39 is 23.8 Å². The smallest absolute Gasteiger partial charge is 0.325 e. The summed E-state index contributed by atoms with van der Waals surface area (Å²) in [6, 6.07) is 6.91. The Morgan fingerprint density at radius 2 is 2.24 bits per heavy atom. The van der Waals surface area contributed by atoms with Crippen molar-refractivity contribution in [2.75, 3.05) is 19.0 Å². The Morgan fingerprint density at radius 1 is 1.48 bits per heavy atom. The van der Waals surface area contributed by atoms with Gasteiger partial charge in [0.15, 0.2) is 0 Å². The zero-order chi connectivity index (χ0) is 15.0. The van der Waals surface area contributed by atoms with E-state index in [1.807, 2.05) is 24.3 Å². The summed E-state index contributed by atoms with van der Waals surface area (Å²) in [5, 5.41) is 19.5. The van der Waals surface area contributed by atoms with E-state index in [0.717, 1.165) is 11.3 Å². The molecule has 2 aliphatic heterocycles. The summed E-state index contributed by atoms with van der Waals surface area (Å²) < 4.78 is 4.47. The average Bonchev–Trinajstić information content (AvgIpc) is 2.95. The Balaban J connectivity index is 1.69. The molecule has 3 rings (SSSR count). The fraction of sp³-hybridized carbons (Fsp3) is 0.429. The summed E-state index contributed by atoms with van der Waals surface area (Å²) >= 11 is 0. The van der Waals surface area contributed by atoms with Crippen molar-refractivity contribution in [2.45, 2.75) is 24.2 Å². The minimum Gasteiger partial charge on any atom is -0.468 e. The van der Waals surface area contributed by atoms with Crippen LogP contribution in [-0.4, -0.2) is 42.8 Å². The number of benzene rings is 1. The molecule has 3 atom stereocenters. The maximum absolute atomic E-state index is 12.0. The predicted octanol–water partition coefficient (Wildman–Crippen LogP) is -0.723. The number of carbonyl (C=O) groups excluding carboxylic acids is 2. The minimum atomic E-state index is -1.12.